The minimum absolute atomic E-state index is 1.37. The molecule has 1 rings (SSSR count). The second-order valence-corrected chi connectivity index (χ2v) is 6.47. The Morgan fingerprint density at radius 2 is 1.14 bits per heavy atom. The number of likely N-dealkylation sites (tertiary alicyclic amines) is 1. The number of halogens is 4. The molecule has 6 heteroatoms. The van der Waals surface area contributed by atoms with Crippen molar-refractivity contribution in [3.05, 3.63) is 0 Å². The number of rotatable bonds is 9. The summed E-state index contributed by atoms with van der Waals surface area (Å²) in [5.41, 5.74) is 0. The molecule has 0 spiro atoms. The summed E-state index contributed by atoms with van der Waals surface area (Å²) in [5, 5.41) is 0. The minimum Gasteiger partial charge on any atom is -0.418 e. The first-order valence-electron chi connectivity index (χ1n) is 8.48. The lowest BCUT2D eigenvalue weighted by atomic mass is 10.1. The first kappa shape index (κ1) is 20.7. The summed E-state index contributed by atoms with van der Waals surface area (Å²) < 4.78 is 40.4. The predicted molar refractivity (Wildman–Crippen MR) is 82.8 cm³/mol. The van der Waals surface area contributed by atoms with Gasteiger partial charge in [-0.2, -0.15) is 0 Å². The second kappa shape index (κ2) is 11.3. The van der Waals surface area contributed by atoms with Gasteiger partial charge in [-0.05, 0) is 12.8 Å². The quantitative estimate of drug-likeness (QED) is 0.223. The average Bonchev–Trinajstić information content (AvgIpc) is 2.78. The number of hydrogen-bond donors (Lipinski definition) is 0. The van der Waals surface area contributed by atoms with Crippen LogP contribution in [0.4, 0.5) is 17.3 Å². The highest BCUT2D eigenvalue weighted by Gasteiger charge is 2.25. The fourth-order valence-corrected chi connectivity index (χ4v) is 2.95. The van der Waals surface area contributed by atoms with Gasteiger partial charge in [0.05, 0.1) is 26.7 Å². The lowest BCUT2D eigenvalue weighted by Gasteiger charge is -2.29. The molecule has 128 valence electrons. The smallest absolute Gasteiger partial charge is 0.418 e. The number of quaternary nitrogens is 1. The Hall–Kier alpha value is -0.255. The van der Waals surface area contributed by atoms with E-state index < -0.39 is 7.25 Å². The van der Waals surface area contributed by atoms with Gasteiger partial charge in [0.1, 0.15) is 0 Å². The van der Waals surface area contributed by atoms with E-state index in [-0.39, 0.29) is 0 Å². The van der Waals surface area contributed by atoms with Crippen LogP contribution in [0.25, 0.3) is 0 Å². The molecule has 0 aromatic carbocycles. The van der Waals surface area contributed by atoms with E-state index in [4.69, 9.17) is 0 Å². The molecule has 1 fully saturated rings. The van der Waals surface area contributed by atoms with Gasteiger partial charge in [0.25, 0.3) is 0 Å². The Bertz CT molecular complexity index is 234. The van der Waals surface area contributed by atoms with Gasteiger partial charge in [0, 0.05) is 12.8 Å². The molecule has 0 unspecified atom stereocenters. The van der Waals surface area contributed by atoms with Crippen molar-refractivity contribution in [2.75, 3.05) is 26.7 Å². The van der Waals surface area contributed by atoms with E-state index in [1.54, 1.807) is 0 Å². The summed E-state index contributed by atoms with van der Waals surface area (Å²) in [7, 11) is -3.55. The molecule has 0 atom stereocenters. The van der Waals surface area contributed by atoms with Crippen molar-refractivity contribution in [3.8, 4) is 0 Å². The van der Waals surface area contributed by atoms with Crippen LogP contribution in [0.3, 0.4) is 0 Å². The molecular formula is C15H32BF4N. The van der Waals surface area contributed by atoms with Crippen molar-refractivity contribution in [1.29, 1.82) is 0 Å². The van der Waals surface area contributed by atoms with E-state index in [0.717, 1.165) is 0 Å². The zero-order valence-corrected chi connectivity index (χ0v) is 13.7. The maximum Gasteiger partial charge on any atom is 0.673 e. The predicted octanol–water partition coefficient (Wildman–Crippen LogP) is 5.67. The number of unbranched alkanes of at least 4 members (excludes halogenated alkanes) is 7. The molecule has 1 saturated heterocycles. The molecular weight excluding hydrogens is 281 g/mol. The highest BCUT2D eigenvalue weighted by Crippen LogP contribution is 2.18. The normalized spacial score (nSPS) is 17.4. The summed E-state index contributed by atoms with van der Waals surface area (Å²) in [5.74, 6) is 0. The minimum atomic E-state index is -6.00. The number of nitrogens with zero attached hydrogens (tertiary/aromatic N) is 1. The summed E-state index contributed by atoms with van der Waals surface area (Å²) >= 11 is 0. The van der Waals surface area contributed by atoms with Crippen LogP contribution in [0.15, 0.2) is 0 Å². The fourth-order valence-electron chi connectivity index (χ4n) is 2.95. The van der Waals surface area contributed by atoms with Gasteiger partial charge in [0.2, 0.25) is 0 Å². The van der Waals surface area contributed by atoms with Crippen LogP contribution >= 0.6 is 0 Å². The van der Waals surface area contributed by atoms with Gasteiger partial charge < -0.3 is 21.7 Å². The van der Waals surface area contributed by atoms with E-state index in [2.05, 4.69) is 14.0 Å². The maximum absolute atomic E-state index is 9.75. The standard InChI is InChI=1S/C15H32N.BF4/c1-3-4-5-6-7-8-9-10-13-16(2)14-11-12-15-16;2-1(3,4)5/h3-15H2,1-2H3;/q+1;-1. The summed E-state index contributed by atoms with van der Waals surface area (Å²) in [6.07, 6.45) is 14.6. The molecule has 0 aromatic rings. The summed E-state index contributed by atoms with van der Waals surface area (Å²) in [6.45, 7) is 6.61. The van der Waals surface area contributed by atoms with Crippen LogP contribution in [0.2, 0.25) is 0 Å². The van der Waals surface area contributed by atoms with Crippen molar-refractivity contribution in [3.63, 3.8) is 0 Å². The van der Waals surface area contributed by atoms with E-state index in [9.17, 15) is 17.3 Å². The Labute approximate surface area is 127 Å². The van der Waals surface area contributed by atoms with Crippen molar-refractivity contribution in [2.45, 2.75) is 71.1 Å². The molecule has 0 saturated carbocycles. The van der Waals surface area contributed by atoms with Crippen LogP contribution in [-0.2, 0) is 0 Å². The molecule has 0 radical (unpaired) electrons. The zero-order chi connectivity index (χ0) is 16.2. The summed E-state index contributed by atoms with van der Waals surface area (Å²) in [4.78, 5) is 0. The lowest BCUT2D eigenvalue weighted by Crippen LogP contribution is -2.41. The number of hydrogen-bond acceptors (Lipinski definition) is 0. The lowest BCUT2D eigenvalue weighted by molar-refractivity contribution is -0.897. The van der Waals surface area contributed by atoms with Crippen LogP contribution in [0.1, 0.15) is 71.1 Å². The van der Waals surface area contributed by atoms with Crippen molar-refractivity contribution in [2.24, 2.45) is 0 Å². The second-order valence-electron chi connectivity index (χ2n) is 6.47. The van der Waals surface area contributed by atoms with Gasteiger partial charge in [-0.3, -0.25) is 0 Å². The average molecular weight is 313 g/mol. The van der Waals surface area contributed by atoms with Crippen LogP contribution in [-0.4, -0.2) is 38.4 Å². The van der Waals surface area contributed by atoms with Gasteiger partial charge in [0.15, 0.2) is 0 Å². The third kappa shape index (κ3) is 15.9. The van der Waals surface area contributed by atoms with Crippen molar-refractivity contribution in [1.82, 2.24) is 0 Å². The molecule has 1 heterocycles. The summed E-state index contributed by atoms with van der Waals surface area (Å²) in [6, 6.07) is 0. The van der Waals surface area contributed by atoms with E-state index in [0.29, 0.717) is 0 Å². The van der Waals surface area contributed by atoms with Crippen molar-refractivity contribution < 1.29 is 21.7 Å². The fraction of sp³-hybridized carbons (Fsp3) is 1.00. The van der Waals surface area contributed by atoms with Gasteiger partial charge in [-0.15, -0.1) is 0 Å². The van der Waals surface area contributed by atoms with E-state index >= 15 is 0 Å². The SMILES string of the molecule is CCCCCCCCCC[N+]1(C)CCCC1.F[B-](F)(F)F. The molecule has 0 aromatic heterocycles. The molecule has 0 N–H and O–H groups in total. The monoisotopic (exact) mass is 313 g/mol. The Morgan fingerprint density at radius 3 is 1.57 bits per heavy atom. The van der Waals surface area contributed by atoms with Crippen LogP contribution in [0.5, 0.6) is 0 Å². The van der Waals surface area contributed by atoms with E-state index in [1.165, 1.54) is 88.3 Å². The molecule has 0 bridgehead atoms. The molecule has 0 aliphatic carbocycles. The Morgan fingerprint density at radius 1 is 0.762 bits per heavy atom. The van der Waals surface area contributed by atoms with E-state index in [1.807, 2.05) is 0 Å². The maximum atomic E-state index is 9.75. The van der Waals surface area contributed by atoms with Gasteiger partial charge >= 0.3 is 7.25 Å². The first-order valence-corrected chi connectivity index (χ1v) is 8.48. The molecule has 1 nitrogen and oxygen atoms in total. The zero-order valence-electron chi connectivity index (χ0n) is 13.7. The molecule has 1 aliphatic heterocycles. The highest BCUT2D eigenvalue weighted by molar-refractivity contribution is 6.50. The van der Waals surface area contributed by atoms with Crippen LogP contribution < -0.4 is 0 Å². The molecule has 1 aliphatic rings. The molecule has 21 heavy (non-hydrogen) atoms. The van der Waals surface area contributed by atoms with Crippen LogP contribution in [0, 0.1) is 0 Å². The third-order valence-electron chi connectivity index (χ3n) is 4.20. The molecule has 0 amide bonds. The van der Waals surface area contributed by atoms with Crippen molar-refractivity contribution >= 4 is 7.25 Å². The Balaban J connectivity index is 0.000000690. The largest absolute Gasteiger partial charge is 0.673 e. The van der Waals surface area contributed by atoms with Gasteiger partial charge in [-0.25, -0.2) is 0 Å². The third-order valence-corrected chi connectivity index (χ3v) is 4.20. The highest BCUT2D eigenvalue weighted by atomic mass is 19.5. The topological polar surface area (TPSA) is 0 Å². The Kier molecular flexibility index (Phi) is 11.2. The first-order chi connectivity index (χ1) is 9.77. The van der Waals surface area contributed by atoms with Gasteiger partial charge in [-0.1, -0.05) is 45.4 Å².